The van der Waals surface area contributed by atoms with Gasteiger partial charge in [-0.2, -0.15) is 11.8 Å². The molecule has 0 bridgehead atoms. The maximum absolute atomic E-state index is 14.6. The van der Waals surface area contributed by atoms with Crippen LogP contribution < -0.4 is 10.3 Å². The summed E-state index contributed by atoms with van der Waals surface area (Å²) >= 11 is 1.73. The number of benzene rings is 1. The zero-order valence-corrected chi connectivity index (χ0v) is 18.7. The molecule has 0 saturated carbocycles. The van der Waals surface area contributed by atoms with E-state index in [4.69, 9.17) is 14.6 Å². The van der Waals surface area contributed by atoms with Crippen LogP contribution in [0.2, 0.25) is 0 Å². The lowest BCUT2D eigenvalue weighted by Gasteiger charge is -2.30. The van der Waals surface area contributed by atoms with Gasteiger partial charge in [0.2, 0.25) is 0 Å². The van der Waals surface area contributed by atoms with E-state index in [0.717, 1.165) is 38.9 Å². The van der Waals surface area contributed by atoms with Gasteiger partial charge < -0.3 is 19.6 Å². The highest BCUT2D eigenvalue weighted by Gasteiger charge is 2.22. The van der Waals surface area contributed by atoms with Crippen molar-refractivity contribution >= 4 is 28.6 Å². The van der Waals surface area contributed by atoms with Crippen LogP contribution in [0.5, 0.6) is 5.75 Å². The fourth-order valence-electron chi connectivity index (χ4n) is 4.16. The first-order chi connectivity index (χ1) is 15.5. The van der Waals surface area contributed by atoms with Gasteiger partial charge in [0.15, 0.2) is 0 Å². The standard InChI is InChI=1S/C22H28FN3O5S/c23-17-9-15(31-12-14-1-5-26(6-2-14)11-20(27)28)10-18-21(17)22(29)25-19(24-18)13-32-16-3-7-30-8-4-16/h9-10,14,16H,1-8,11-13H2,(H,27,28)(H,24,25,29). The van der Waals surface area contributed by atoms with E-state index in [2.05, 4.69) is 9.97 Å². The summed E-state index contributed by atoms with van der Waals surface area (Å²) in [5.41, 5.74) is -0.185. The number of halogens is 1. The number of piperidine rings is 1. The maximum atomic E-state index is 14.6. The van der Waals surface area contributed by atoms with Crippen molar-refractivity contribution in [3.63, 3.8) is 0 Å². The monoisotopic (exact) mass is 465 g/mol. The Balaban J connectivity index is 1.39. The largest absolute Gasteiger partial charge is 0.493 e. The summed E-state index contributed by atoms with van der Waals surface area (Å²) in [6.45, 7) is 3.39. The predicted molar refractivity (Wildman–Crippen MR) is 120 cm³/mol. The number of carbonyl (C=O) groups is 1. The number of H-pyrrole nitrogens is 1. The highest BCUT2D eigenvalue weighted by atomic mass is 32.2. The molecule has 2 N–H and O–H groups in total. The molecule has 1 aromatic carbocycles. The molecule has 0 radical (unpaired) electrons. The minimum absolute atomic E-state index is 0.0544. The lowest BCUT2D eigenvalue weighted by molar-refractivity contribution is -0.138. The van der Waals surface area contributed by atoms with Crippen molar-refractivity contribution in [2.45, 2.75) is 36.7 Å². The zero-order chi connectivity index (χ0) is 22.5. The predicted octanol–water partition coefficient (Wildman–Crippen LogP) is 2.65. The molecule has 8 nitrogen and oxygen atoms in total. The summed E-state index contributed by atoms with van der Waals surface area (Å²) in [7, 11) is 0. The molecule has 0 aliphatic carbocycles. The lowest BCUT2D eigenvalue weighted by Crippen LogP contribution is -2.38. The van der Waals surface area contributed by atoms with Gasteiger partial charge in [-0.05, 0) is 44.7 Å². The molecule has 10 heteroatoms. The van der Waals surface area contributed by atoms with Crippen molar-refractivity contribution in [3.05, 3.63) is 34.1 Å². The van der Waals surface area contributed by atoms with E-state index in [-0.39, 0.29) is 17.8 Å². The van der Waals surface area contributed by atoms with Crippen LogP contribution in [0.4, 0.5) is 4.39 Å². The molecule has 2 aliphatic rings. The average molecular weight is 466 g/mol. The molecule has 174 valence electrons. The Morgan fingerprint density at radius 3 is 2.75 bits per heavy atom. The molecule has 0 atom stereocenters. The molecule has 1 aromatic heterocycles. The first-order valence-corrected chi connectivity index (χ1v) is 12.0. The highest BCUT2D eigenvalue weighted by molar-refractivity contribution is 7.99. The third-order valence-electron chi connectivity index (χ3n) is 5.96. The smallest absolute Gasteiger partial charge is 0.317 e. The van der Waals surface area contributed by atoms with Gasteiger partial charge in [-0.25, -0.2) is 9.37 Å². The SMILES string of the molecule is O=C(O)CN1CCC(COc2cc(F)c3c(=O)[nH]c(CSC4CCOCC4)nc3c2)CC1. The Labute approximate surface area is 189 Å². The maximum Gasteiger partial charge on any atom is 0.317 e. The van der Waals surface area contributed by atoms with Crippen molar-refractivity contribution in [3.8, 4) is 5.75 Å². The lowest BCUT2D eigenvalue weighted by atomic mass is 9.98. The molecule has 32 heavy (non-hydrogen) atoms. The van der Waals surface area contributed by atoms with Gasteiger partial charge in [-0.3, -0.25) is 14.5 Å². The summed E-state index contributed by atoms with van der Waals surface area (Å²) < 4.78 is 25.8. The van der Waals surface area contributed by atoms with Gasteiger partial charge in [0, 0.05) is 30.6 Å². The van der Waals surface area contributed by atoms with E-state index in [0.29, 0.717) is 47.8 Å². The molecule has 3 heterocycles. The number of likely N-dealkylation sites (tertiary alicyclic amines) is 1. The Morgan fingerprint density at radius 2 is 2.03 bits per heavy atom. The van der Waals surface area contributed by atoms with Crippen molar-refractivity contribution in [2.75, 3.05) is 39.5 Å². The van der Waals surface area contributed by atoms with Gasteiger partial charge in [0.1, 0.15) is 22.8 Å². The first-order valence-electron chi connectivity index (χ1n) is 11.0. The number of aromatic nitrogens is 2. The van der Waals surface area contributed by atoms with Crippen molar-refractivity contribution in [1.82, 2.24) is 14.9 Å². The molecular formula is C22H28FN3O5S. The Morgan fingerprint density at radius 1 is 1.28 bits per heavy atom. The van der Waals surface area contributed by atoms with Crippen LogP contribution in [0, 0.1) is 11.7 Å². The number of thioether (sulfide) groups is 1. The number of fused-ring (bicyclic) bond motifs is 1. The van der Waals surface area contributed by atoms with Gasteiger partial charge in [-0.15, -0.1) is 0 Å². The quantitative estimate of drug-likeness (QED) is 0.613. The molecule has 0 unspecified atom stereocenters. The number of carboxylic acids is 1. The summed E-state index contributed by atoms with van der Waals surface area (Å²) in [6.07, 6.45) is 3.61. The van der Waals surface area contributed by atoms with Crippen LogP contribution in [0.3, 0.4) is 0 Å². The van der Waals surface area contributed by atoms with Crippen LogP contribution in [0.25, 0.3) is 10.9 Å². The van der Waals surface area contributed by atoms with Gasteiger partial charge in [-0.1, -0.05) is 0 Å². The number of nitrogens with zero attached hydrogens (tertiary/aromatic N) is 2. The number of carboxylic acid groups (broad SMARTS) is 1. The number of aliphatic carboxylic acids is 1. The first kappa shape index (κ1) is 23.0. The highest BCUT2D eigenvalue weighted by Crippen LogP contribution is 2.26. The summed E-state index contributed by atoms with van der Waals surface area (Å²) in [5, 5.41) is 9.31. The number of ether oxygens (including phenoxy) is 2. The van der Waals surface area contributed by atoms with Crippen LogP contribution >= 0.6 is 11.8 Å². The van der Waals surface area contributed by atoms with Crippen LogP contribution in [-0.4, -0.2) is 70.6 Å². The molecule has 2 aliphatic heterocycles. The average Bonchev–Trinajstić information content (AvgIpc) is 2.77. The number of nitrogens with one attached hydrogen (secondary N) is 1. The van der Waals surface area contributed by atoms with Crippen molar-refractivity contribution in [1.29, 1.82) is 0 Å². The number of aromatic amines is 1. The van der Waals surface area contributed by atoms with Gasteiger partial charge >= 0.3 is 5.97 Å². The molecule has 4 rings (SSSR count). The van der Waals surface area contributed by atoms with Gasteiger partial charge in [0.05, 0.1) is 24.4 Å². The Bertz CT molecular complexity index is 1000. The minimum Gasteiger partial charge on any atom is -0.493 e. The molecular weight excluding hydrogens is 437 g/mol. The summed E-state index contributed by atoms with van der Waals surface area (Å²) in [4.78, 5) is 32.4. The van der Waals surface area contributed by atoms with Crippen molar-refractivity contribution < 1.29 is 23.8 Å². The topological polar surface area (TPSA) is 105 Å². The fourth-order valence-corrected chi connectivity index (χ4v) is 5.21. The molecule has 2 fully saturated rings. The normalized spacial score (nSPS) is 18.8. The molecule has 2 saturated heterocycles. The van der Waals surface area contributed by atoms with E-state index < -0.39 is 17.3 Å². The zero-order valence-electron chi connectivity index (χ0n) is 17.8. The van der Waals surface area contributed by atoms with E-state index in [1.807, 2.05) is 4.90 Å². The second-order valence-corrected chi connectivity index (χ2v) is 9.65. The number of rotatable bonds is 8. The number of hydrogen-bond acceptors (Lipinski definition) is 7. The van der Waals surface area contributed by atoms with Crippen LogP contribution in [-0.2, 0) is 15.3 Å². The van der Waals surface area contributed by atoms with Crippen LogP contribution in [0.1, 0.15) is 31.5 Å². The van der Waals surface area contributed by atoms with Crippen LogP contribution in [0.15, 0.2) is 16.9 Å². The summed E-state index contributed by atoms with van der Waals surface area (Å²) in [6, 6.07) is 2.85. The summed E-state index contributed by atoms with van der Waals surface area (Å²) in [5.74, 6) is 0.241. The third kappa shape index (κ3) is 5.99. The van der Waals surface area contributed by atoms with Crippen molar-refractivity contribution in [2.24, 2.45) is 5.92 Å². The minimum atomic E-state index is -0.820. The Kier molecular flexibility index (Phi) is 7.64. The Hall–Kier alpha value is -2.17. The second kappa shape index (κ2) is 10.6. The van der Waals surface area contributed by atoms with Gasteiger partial charge in [0.25, 0.3) is 5.56 Å². The molecule has 0 spiro atoms. The number of hydrogen-bond donors (Lipinski definition) is 2. The van der Waals surface area contributed by atoms with E-state index >= 15 is 0 Å². The third-order valence-corrected chi connectivity index (χ3v) is 7.34. The van der Waals surface area contributed by atoms with E-state index in [9.17, 15) is 14.0 Å². The fraction of sp³-hybridized carbons (Fsp3) is 0.591. The second-order valence-electron chi connectivity index (χ2n) is 8.36. The molecule has 0 amide bonds. The van der Waals surface area contributed by atoms with E-state index in [1.165, 1.54) is 6.07 Å². The molecule has 2 aromatic rings. The van der Waals surface area contributed by atoms with E-state index in [1.54, 1.807) is 17.8 Å².